The highest BCUT2D eigenvalue weighted by atomic mass is 16.5. The lowest BCUT2D eigenvalue weighted by Gasteiger charge is -2.18. The second-order valence-electron chi connectivity index (χ2n) is 7.99. The van der Waals surface area contributed by atoms with E-state index in [0.29, 0.717) is 19.1 Å². The molecule has 2 unspecified atom stereocenters. The molecule has 0 aliphatic heterocycles. The lowest BCUT2D eigenvalue weighted by Crippen LogP contribution is -2.17. The van der Waals surface area contributed by atoms with Crippen LogP contribution in [0.4, 0.5) is 0 Å². The van der Waals surface area contributed by atoms with Crippen molar-refractivity contribution < 1.29 is 19.4 Å². The lowest BCUT2D eigenvalue weighted by molar-refractivity contribution is -0.137. The molecule has 2 aromatic rings. The summed E-state index contributed by atoms with van der Waals surface area (Å²) in [5, 5.41) is 8.90. The van der Waals surface area contributed by atoms with Crippen molar-refractivity contribution in [3.63, 3.8) is 0 Å². The molecule has 0 saturated carbocycles. The van der Waals surface area contributed by atoms with Crippen molar-refractivity contribution in [1.29, 1.82) is 0 Å². The van der Waals surface area contributed by atoms with E-state index in [9.17, 15) is 4.79 Å². The third-order valence-corrected chi connectivity index (χ3v) is 4.78. The zero-order valence-corrected chi connectivity index (χ0v) is 17.6. The predicted octanol–water partition coefficient (Wildman–Crippen LogP) is 5.79. The number of hydrogen-bond donors (Lipinski definition) is 1. The second-order valence-corrected chi connectivity index (χ2v) is 7.99. The van der Waals surface area contributed by atoms with E-state index in [0.717, 1.165) is 17.1 Å². The van der Waals surface area contributed by atoms with Gasteiger partial charge >= 0.3 is 5.97 Å². The topological polar surface area (TPSA) is 55.8 Å². The summed E-state index contributed by atoms with van der Waals surface area (Å²) in [4.78, 5) is 10.8. The number of hydrogen-bond acceptors (Lipinski definition) is 3. The van der Waals surface area contributed by atoms with Gasteiger partial charge in [-0.2, -0.15) is 0 Å². The molecular formula is C24H32O4. The van der Waals surface area contributed by atoms with Gasteiger partial charge in [-0.05, 0) is 53.6 Å². The molecule has 0 spiro atoms. The Hall–Kier alpha value is -2.49. The molecule has 152 valence electrons. The van der Waals surface area contributed by atoms with Crippen molar-refractivity contribution in [2.75, 3.05) is 13.2 Å². The fraction of sp³-hybridized carbons (Fsp3) is 0.458. The Morgan fingerprint density at radius 3 is 2.21 bits per heavy atom. The standard InChI is InChI=1S/C24H32O4/c1-16(2)22-11-6-17(3)12-23(22)28-15-18(4)14-27-21-9-7-20(8-10-21)19(5)13-24(25)26/h6-12,16,18-19H,13-15H2,1-5H3,(H,25,26). The first-order valence-corrected chi connectivity index (χ1v) is 9.94. The van der Waals surface area contributed by atoms with Gasteiger partial charge in [-0.15, -0.1) is 0 Å². The highest BCUT2D eigenvalue weighted by molar-refractivity contribution is 5.68. The Morgan fingerprint density at radius 1 is 0.964 bits per heavy atom. The predicted molar refractivity (Wildman–Crippen MR) is 113 cm³/mol. The maximum atomic E-state index is 10.8. The van der Waals surface area contributed by atoms with Crippen molar-refractivity contribution in [3.8, 4) is 11.5 Å². The van der Waals surface area contributed by atoms with Gasteiger partial charge in [-0.25, -0.2) is 0 Å². The molecule has 2 aromatic carbocycles. The molecule has 0 saturated heterocycles. The maximum absolute atomic E-state index is 10.8. The number of ether oxygens (including phenoxy) is 2. The highest BCUT2D eigenvalue weighted by Crippen LogP contribution is 2.28. The zero-order valence-electron chi connectivity index (χ0n) is 17.6. The van der Waals surface area contributed by atoms with Crippen molar-refractivity contribution in [3.05, 3.63) is 59.2 Å². The van der Waals surface area contributed by atoms with Gasteiger partial charge in [-0.3, -0.25) is 4.79 Å². The molecule has 1 N–H and O–H groups in total. The largest absolute Gasteiger partial charge is 0.493 e. The Bertz CT molecular complexity index is 765. The number of carboxylic acids is 1. The summed E-state index contributed by atoms with van der Waals surface area (Å²) in [5.41, 5.74) is 3.43. The average Bonchev–Trinajstić information content (AvgIpc) is 2.64. The van der Waals surface area contributed by atoms with Gasteiger partial charge in [0.1, 0.15) is 11.5 Å². The minimum absolute atomic E-state index is 0.0108. The monoisotopic (exact) mass is 384 g/mol. The van der Waals surface area contributed by atoms with E-state index in [1.54, 1.807) is 0 Å². The first-order chi connectivity index (χ1) is 13.3. The summed E-state index contributed by atoms with van der Waals surface area (Å²) in [6, 6.07) is 14.0. The van der Waals surface area contributed by atoms with Crippen LogP contribution in [0, 0.1) is 12.8 Å². The molecular weight excluding hydrogens is 352 g/mol. The van der Waals surface area contributed by atoms with Crippen LogP contribution < -0.4 is 9.47 Å². The van der Waals surface area contributed by atoms with Crippen LogP contribution in [-0.4, -0.2) is 24.3 Å². The molecule has 0 aliphatic rings. The molecule has 2 rings (SSSR count). The van der Waals surface area contributed by atoms with E-state index in [4.69, 9.17) is 14.6 Å². The SMILES string of the molecule is Cc1ccc(C(C)C)c(OCC(C)COc2ccc(C(C)CC(=O)O)cc2)c1. The quantitative estimate of drug-likeness (QED) is 0.563. The second kappa shape index (κ2) is 10.2. The van der Waals surface area contributed by atoms with Crippen LogP contribution in [0.25, 0.3) is 0 Å². The summed E-state index contributed by atoms with van der Waals surface area (Å²) < 4.78 is 12.0. The highest BCUT2D eigenvalue weighted by Gasteiger charge is 2.12. The van der Waals surface area contributed by atoms with E-state index in [1.807, 2.05) is 31.2 Å². The van der Waals surface area contributed by atoms with E-state index < -0.39 is 5.97 Å². The van der Waals surface area contributed by atoms with E-state index >= 15 is 0 Å². The Morgan fingerprint density at radius 2 is 1.61 bits per heavy atom. The van der Waals surface area contributed by atoms with Crippen molar-refractivity contribution in [1.82, 2.24) is 0 Å². The van der Waals surface area contributed by atoms with E-state index in [-0.39, 0.29) is 18.3 Å². The van der Waals surface area contributed by atoms with Gasteiger partial charge < -0.3 is 14.6 Å². The number of aliphatic carboxylic acids is 1. The normalized spacial score (nSPS) is 13.2. The number of rotatable bonds is 10. The van der Waals surface area contributed by atoms with E-state index in [1.165, 1.54) is 11.1 Å². The smallest absolute Gasteiger partial charge is 0.303 e. The molecule has 0 amide bonds. The Kier molecular flexibility index (Phi) is 7.91. The Balaban J connectivity index is 1.85. The fourth-order valence-corrected chi connectivity index (χ4v) is 3.03. The first-order valence-electron chi connectivity index (χ1n) is 9.94. The number of carboxylic acid groups (broad SMARTS) is 1. The van der Waals surface area contributed by atoms with Crippen LogP contribution in [0.3, 0.4) is 0 Å². The molecule has 0 aliphatic carbocycles. The number of carbonyl (C=O) groups is 1. The van der Waals surface area contributed by atoms with Gasteiger partial charge in [0.2, 0.25) is 0 Å². The van der Waals surface area contributed by atoms with Crippen molar-refractivity contribution in [2.24, 2.45) is 5.92 Å². The molecule has 0 fully saturated rings. The van der Waals surface area contributed by atoms with E-state index in [2.05, 4.69) is 45.9 Å². The first kappa shape index (κ1) is 21.8. The van der Waals surface area contributed by atoms with Crippen LogP contribution in [0.5, 0.6) is 11.5 Å². The average molecular weight is 385 g/mol. The third-order valence-electron chi connectivity index (χ3n) is 4.78. The van der Waals surface area contributed by atoms with Crippen LogP contribution in [0.15, 0.2) is 42.5 Å². The molecule has 0 aromatic heterocycles. The minimum Gasteiger partial charge on any atom is -0.493 e. The van der Waals surface area contributed by atoms with Gasteiger partial charge in [-0.1, -0.05) is 52.0 Å². The molecule has 0 heterocycles. The number of aryl methyl sites for hydroxylation is 1. The fourth-order valence-electron chi connectivity index (χ4n) is 3.03. The van der Waals surface area contributed by atoms with Crippen LogP contribution in [-0.2, 0) is 4.79 Å². The molecule has 28 heavy (non-hydrogen) atoms. The van der Waals surface area contributed by atoms with Crippen LogP contribution in [0.2, 0.25) is 0 Å². The van der Waals surface area contributed by atoms with Gasteiger partial charge in [0.25, 0.3) is 0 Å². The third kappa shape index (κ3) is 6.59. The maximum Gasteiger partial charge on any atom is 0.303 e. The molecule has 4 heteroatoms. The zero-order chi connectivity index (χ0) is 20.7. The van der Waals surface area contributed by atoms with Crippen LogP contribution in [0.1, 0.15) is 62.6 Å². The number of benzene rings is 2. The molecule has 0 radical (unpaired) electrons. The van der Waals surface area contributed by atoms with Crippen molar-refractivity contribution >= 4 is 5.97 Å². The Labute approximate surface area is 168 Å². The van der Waals surface area contributed by atoms with Crippen molar-refractivity contribution in [2.45, 2.75) is 52.9 Å². The minimum atomic E-state index is -0.782. The van der Waals surface area contributed by atoms with Crippen LogP contribution >= 0.6 is 0 Å². The van der Waals surface area contributed by atoms with Gasteiger partial charge in [0.15, 0.2) is 0 Å². The summed E-state index contributed by atoms with van der Waals surface area (Å²) in [5.74, 6) is 1.62. The summed E-state index contributed by atoms with van der Waals surface area (Å²) in [7, 11) is 0. The lowest BCUT2D eigenvalue weighted by atomic mass is 9.98. The van der Waals surface area contributed by atoms with Gasteiger partial charge in [0.05, 0.1) is 19.6 Å². The summed E-state index contributed by atoms with van der Waals surface area (Å²) >= 11 is 0. The molecule has 0 bridgehead atoms. The molecule has 4 nitrogen and oxygen atoms in total. The summed E-state index contributed by atoms with van der Waals surface area (Å²) in [6.45, 7) is 11.6. The molecule has 2 atom stereocenters. The summed E-state index contributed by atoms with van der Waals surface area (Å²) in [6.07, 6.45) is 0.131. The van der Waals surface area contributed by atoms with Gasteiger partial charge in [0, 0.05) is 5.92 Å².